The van der Waals surface area contributed by atoms with Crippen LogP contribution in [-0.2, 0) is 0 Å². The predicted octanol–water partition coefficient (Wildman–Crippen LogP) is 3.21. The number of hydrogen-bond donors (Lipinski definition) is 1. The van der Waals surface area contributed by atoms with Crippen molar-refractivity contribution in [1.29, 1.82) is 0 Å². The van der Waals surface area contributed by atoms with Gasteiger partial charge in [0.1, 0.15) is 6.04 Å². The third kappa shape index (κ3) is 3.23. The molecule has 15 heavy (non-hydrogen) atoms. The van der Waals surface area contributed by atoms with Gasteiger partial charge in [-0.3, -0.25) is 0 Å². The highest BCUT2D eigenvalue weighted by molar-refractivity contribution is 5.25. The molecule has 84 valence electrons. The Balaban J connectivity index is 2.94. The maximum atomic E-state index is 12.6. The fourth-order valence-corrected chi connectivity index (χ4v) is 1.39. The largest absolute Gasteiger partial charge is 0.407 e. The van der Waals surface area contributed by atoms with Gasteiger partial charge in [0.25, 0.3) is 0 Å². The first-order valence-corrected chi connectivity index (χ1v) is 4.81. The molecule has 1 unspecified atom stereocenters. The van der Waals surface area contributed by atoms with E-state index in [1.807, 2.05) is 6.92 Å². The number of benzene rings is 1. The van der Waals surface area contributed by atoms with Gasteiger partial charge in [-0.25, -0.2) is 0 Å². The highest BCUT2D eigenvalue weighted by Gasteiger charge is 2.39. The van der Waals surface area contributed by atoms with Crippen LogP contribution in [0.4, 0.5) is 13.2 Å². The third-order valence-electron chi connectivity index (χ3n) is 2.15. The summed E-state index contributed by atoms with van der Waals surface area (Å²) in [6.45, 7) is 3.80. The Hall–Kier alpha value is -1.03. The zero-order valence-corrected chi connectivity index (χ0v) is 8.73. The van der Waals surface area contributed by atoms with Gasteiger partial charge in [-0.15, -0.1) is 0 Å². The molecule has 0 spiro atoms. The molecule has 0 radical (unpaired) electrons. The molecule has 0 fully saturated rings. The maximum Gasteiger partial charge on any atom is 0.407 e. The van der Waals surface area contributed by atoms with Crippen molar-refractivity contribution in [3.8, 4) is 0 Å². The van der Waals surface area contributed by atoms with Crippen molar-refractivity contribution in [2.45, 2.75) is 26.1 Å². The van der Waals surface area contributed by atoms with Crippen molar-refractivity contribution in [2.75, 3.05) is 6.54 Å². The molecule has 0 saturated carbocycles. The number of nitrogens with one attached hydrogen (secondary N) is 1. The number of aryl methyl sites for hydroxylation is 1. The molecule has 1 atom stereocenters. The van der Waals surface area contributed by atoms with E-state index in [-0.39, 0.29) is 12.1 Å². The van der Waals surface area contributed by atoms with E-state index in [4.69, 9.17) is 0 Å². The molecule has 1 nitrogen and oxygen atoms in total. The molecule has 0 aliphatic carbocycles. The summed E-state index contributed by atoms with van der Waals surface area (Å²) in [5.41, 5.74) is 1.21. The lowest BCUT2D eigenvalue weighted by Gasteiger charge is -2.21. The van der Waals surface area contributed by atoms with Gasteiger partial charge in [0.15, 0.2) is 0 Å². The van der Waals surface area contributed by atoms with Crippen molar-refractivity contribution in [2.24, 2.45) is 0 Å². The predicted molar refractivity (Wildman–Crippen MR) is 53.7 cm³/mol. The Bertz CT molecular complexity index is 303. The van der Waals surface area contributed by atoms with Crippen LogP contribution in [0.2, 0.25) is 0 Å². The second-order valence-electron chi connectivity index (χ2n) is 3.44. The van der Waals surface area contributed by atoms with Gasteiger partial charge >= 0.3 is 6.18 Å². The van der Waals surface area contributed by atoms with Gasteiger partial charge in [0, 0.05) is 0 Å². The van der Waals surface area contributed by atoms with Crippen LogP contribution in [0.25, 0.3) is 0 Å². The lowest BCUT2D eigenvalue weighted by atomic mass is 10.0. The van der Waals surface area contributed by atoms with E-state index in [1.54, 1.807) is 19.1 Å². The lowest BCUT2D eigenvalue weighted by Crippen LogP contribution is -2.33. The van der Waals surface area contributed by atoms with E-state index < -0.39 is 12.2 Å². The second-order valence-corrected chi connectivity index (χ2v) is 3.44. The van der Waals surface area contributed by atoms with Crippen LogP contribution in [0.5, 0.6) is 0 Å². The molecule has 1 N–H and O–H groups in total. The first-order valence-electron chi connectivity index (χ1n) is 4.81. The quantitative estimate of drug-likeness (QED) is 0.819. The molecule has 0 aliphatic heterocycles. The number of alkyl halides is 3. The Labute approximate surface area is 87.3 Å². The van der Waals surface area contributed by atoms with Crippen LogP contribution < -0.4 is 5.32 Å². The second kappa shape index (κ2) is 4.66. The van der Waals surface area contributed by atoms with E-state index in [9.17, 15) is 13.2 Å². The summed E-state index contributed by atoms with van der Waals surface area (Å²) in [5, 5.41) is 2.43. The first-order chi connectivity index (χ1) is 6.95. The fraction of sp³-hybridized carbons (Fsp3) is 0.455. The van der Waals surface area contributed by atoms with E-state index in [0.717, 1.165) is 5.56 Å². The zero-order chi connectivity index (χ0) is 11.5. The standard InChI is InChI=1S/C11H14F3N/c1-3-15-10(11(12,13)14)9-6-4-8(2)5-7-9/h4-7,10,15H,3H2,1-2H3. The van der Waals surface area contributed by atoms with Gasteiger partial charge in [-0.05, 0) is 19.0 Å². The molecule has 1 rings (SSSR count). The Morgan fingerprint density at radius 2 is 1.73 bits per heavy atom. The van der Waals surface area contributed by atoms with E-state index >= 15 is 0 Å². The van der Waals surface area contributed by atoms with Crippen molar-refractivity contribution < 1.29 is 13.2 Å². The molecule has 4 heteroatoms. The van der Waals surface area contributed by atoms with Crippen LogP contribution in [0.1, 0.15) is 24.1 Å². The van der Waals surface area contributed by atoms with Crippen molar-refractivity contribution >= 4 is 0 Å². The number of rotatable bonds is 3. The number of hydrogen-bond acceptors (Lipinski definition) is 1. The van der Waals surface area contributed by atoms with E-state index in [1.165, 1.54) is 12.1 Å². The monoisotopic (exact) mass is 217 g/mol. The average Bonchev–Trinajstić information content (AvgIpc) is 2.14. The molecular formula is C11H14F3N. The zero-order valence-electron chi connectivity index (χ0n) is 8.73. The van der Waals surface area contributed by atoms with E-state index in [0.29, 0.717) is 0 Å². The normalized spacial score (nSPS) is 13.9. The van der Waals surface area contributed by atoms with Gasteiger partial charge in [0.2, 0.25) is 0 Å². The summed E-state index contributed by atoms with van der Waals surface area (Å²) in [5.74, 6) is 0. The van der Waals surface area contributed by atoms with Gasteiger partial charge in [-0.2, -0.15) is 13.2 Å². The lowest BCUT2D eigenvalue weighted by molar-refractivity contribution is -0.157. The maximum absolute atomic E-state index is 12.6. The Kier molecular flexibility index (Phi) is 3.74. The van der Waals surface area contributed by atoms with Crippen LogP contribution in [0, 0.1) is 6.92 Å². The van der Waals surface area contributed by atoms with Crippen molar-refractivity contribution in [3.05, 3.63) is 35.4 Å². The van der Waals surface area contributed by atoms with Gasteiger partial charge in [0.05, 0.1) is 0 Å². The van der Waals surface area contributed by atoms with Crippen LogP contribution in [0.15, 0.2) is 24.3 Å². The molecule has 0 aliphatic rings. The van der Waals surface area contributed by atoms with Gasteiger partial charge < -0.3 is 5.32 Å². The Morgan fingerprint density at radius 1 is 1.20 bits per heavy atom. The third-order valence-corrected chi connectivity index (χ3v) is 2.15. The van der Waals surface area contributed by atoms with Crippen LogP contribution >= 0.6 is 0 Å². The molecule has 1 aromatic rings. The summed E-state index contributed by atoms with van der Waals surface area (Å²) in [6, 6.07) is 4.83. The molecule has 0 aromatic heterocycles. The first kappa shape index (κ1) is 12.0. The molecule has 0 saturated heterocycles. The summed E-state index contributed by atoms with van der Waals surface area (Å²) in [4.78, 5) is 0. The smallest absolute Gasteiger partial charge is 0.303 e. The molecule has 1 aromatic carbocycles. The van der Waals surface area contributed by atoms with Gasteiger partial charge in [-0.1, -0.05) is 36.8 Å². The van der Waals surface area contributed by atoms with Crippen LogP contribution in [-0.4, -0.2) is 12.7 Å². The topological polar surface area (TPSA) is 12.0 Å². The summed E-state index contributed by atoms with van der Waals surface area (Å²) < 4.78 is 37.9. The van der Waals surface area contributed by atoms with Crippen molar-refractivity contribution in [3.63, 3.8) is 0 Å². The van der Waals surface area contributed by atoms with Crippen molar-refractivity contribution in [1.82, 2.24) is 5.32 Å². The van der Waals surface area contributed by atoms with E-state index in [2.05, 4.69) is 5.32 Å². The number of halogens is 3. The highest BCUT2D eigenvalue weighted by Crippen LogP contribution is 2.32. The minimum atomic E-state index is -4.24. The minimum absolute atomic E-state index is 0.259. The minimum Gasteiger partial charge on any atom is -0.303 e. The fourth-order valence-electron chi connectivity index (χ4n) is 1.39. The molecule has 0 heterocycles. The average molecular weight is 217 g/mol. The SMILES string of the molecule is CCNC(c1ccc(C)cc1)C(F)(F)F. The Morgan fingerprint density at radius 3 is 2.13 bits per heavy atom. The molecule has 0 bridgehead atoms. The molecular weight excluding hydrogens is 203 g/mol. The molecule has 0 amide bonds. The van der Waals surface area contributed by atoms with Crippen LogP contribution in [0.3, 0.4) is 0 Å². The highest BCUT2D eigenvalue weighted by atomic mass is 19.4. The summed E-state index contributed by atoms with van der Waals surface area (Å²) in [6.07, 6.45) is -4.24. The summed E-state index contributed by atoms with van der Waals surface area (Å²) >= 11 is 0. The summed E-state index contributed by atoms with van der Waals surface area (Å²) in [7, 11) is 0.